The van der Waals surface area contributed by atoms with Gasteiger partial charge in [0, 0.05) is 17.3 Å². The van der Waals surface area contributed by atoms with Gasteiger partial charge in [-0.2, -0.15) is 0 Å². The summed E-state index contributed by atoms with van der Waals surface area (Å²) < 4.78 is 16.5. The van der Waals surface area contributed by atoms with E-state index in [0.29, 0.717) is 16.5 Å². The summed E-state index contributed by atoms with van der Waals surface area (Å²) in [4.78, 5) is 20.9. The summed E-state index contributed by atoms with van der Waals surface area (Å²) in [5.74, 6) is 0.441. The second-order valence-electron chi connectivity index (χ2n) is 3.52. The number of halogens is 1. The molecular weight excluding hydrogens is 309 g/mol. The molecule has 1 aromatic rings. The summed E-state index contributed by atoms with van der Waals surface area (Å²) in [5.41, 5.74) is 0. The molecule has 0 aliphatic carbocycles. The summed E-state index contributed by atoms with van der Waals surface area (Å²) in [6.07, 6.45) is 0.0114. The third kappa shape index (κ3) is 6.99. The average molecular weight is 324 g/mol. The molecule has 1 unspecified atom stereocenters. The van der Waals surface area contributed by atoms with Crippen molar-refractivity contribution in [3.63, 3.8) is 0 Å². The van der Waals surface area contributed by atoms with Crippen molar-refractivity contribution in [3.8, 4) is 5.75 Å². The Kier molecular flexibility index (Phi) is 6.89. The van der Waals surface area contributed by atoms with Gasteiger partial charge in [-0.15, -0.1) is 0 Å². The van der Waals surface area contributed by atoms with Crippen molar-refractivity contribution in [2.45, 2.75) is 13.3 Å². The summed E-state index contributed by atoms with van der Waals surface area (Å²) in [7, 11) is 0. The van der Waals surface area contributed by atoms with Crippen LogP contribution in [0.5, 0.6) is 5.75 Å². The van der Waals surface area contributed by atoms with E-state index in [0.717, 1.165) is 11.4 Å². The molecule has 2 N–H and O–H groups in total. The van der Waals surface area contributed by atoms with E-state index in [1.54, 1.807) is 31.2 Å². The van der Waals surface area contributed by atoms with Gasteiger partial charge in [0.2, 0.25) is 0 Å². The van der Waals surface area contributed by atoms with Gasteiger partial charge in [-0.1, -0.05) is 29.9 Å². The van der Waals surface area contributed by atoms with Crippen LogP contribution < -0.4 is 9.82 Å². The van der Waals surface area contributed by atoms with Crippen LogP contribution in [-0.4, -0.2) is 23.2 Å². The van der Waals surface area contributed by atoms with E-state index in [1.165, 1.54) is 0 Å². The Balaban J connectivity index is 2.32. The maximum absolute atomic E-state index is 11.5. The van der Waals surface area contributed by atoms with E-state index in [4.69, 9.17) is 16.3 Å². The number of esters is 1. The van der Waals surface area contributed by atoms with Crippen LogP contribution in [0.3, 0.4) is 0 Å². The van der Waals surface area contributed by atoms with Crippen LogP contribution in [0.1, 0.15) is 13.3 Å². The zero-order valence-corrected chi connectivity index (χ0v) is 12.8. The fraction of sp³-hybridized carbons (Fsp3) is 0.364. The number of nitrogens with one attached hydrogen (secondary N) is 1. The largest absolute Gasteiger partial charge is 0.426 e. The summed E-state index contributed by atoms with van der Waals surface area (Å²) in [6, 6.07) is 6.39. The van der Waals surface area contributed by atoms with Gasteiger partial charge in [-0.25, -0.2) is 5.09 Å². The molecule has 1 atom stereocenters. The van der Waals surface area contributed by atoms with Crippen molar-refractivity contribution < 1.29 is 19.0 Å². The van der Waals surface area contributed by atoms with Crippen LogP contribution in [-0.2, 0) is 9.36 Å². The first-order valence-electron chi connectivity index (χ1n) is 5.61. The molecule has 0 saturated heterocycles. The van der Waals surface area contributed by atoms with Gasteiger partial charge in [-0.05, 0) is 24.3 Å². The molecule has 0 heterocycles. The quantitative estimate of drug-likeness (QED) is 0.456. The van der Waals surface area contributed by atoms with E-state index < -0.39 is 12.7 Å². The van der Waals surface area contributed by atoms with Crippen LogP contribution in [0, 0.1) is 0 Å². The average Bonchev–Trinajstić information content (AvgIpc) is 2.31. The first-order chi connectivity index (χ1) is 8.93. The molecule has 106 valence electrons. The maximum atomic E-state index is 11.5. The van der Waals surface area contributed by atoms with Crippen molar-refractivity contribution in [2.75, 3.05) is 12.3 Å². The Morgan fingerprint density at radius 2 is 2.11 bits per heavy atom. The molecular formula is C11H15ClNO4PS. The van der Waals surface area contributed by atoms with Crippen molar-refractivity contribution in [1.82, 2.24) is 5.09 Å². The molecule has 0 aliphatic heterocycles. The minimum absolute atomic E-state index is 0.0114. The minimum atomic E-state index is -3.40. The number of hydrogen-bond donors (Lipinski definition) is 2. The van der Waals surface area contributed by atoms with Crippen LogP contribution in [0.2, 0.25) is 5.02 Å². The highest BCUT2D eigenvalue weighted by atomic mass is 35.5. The van der Waals surface area contributed by atoms with Crippen molar-refractivity contribution >= 4 is 35.7 Å². The zero-order chi connectivity index (χ0) is 14.3. The second-order valence-corrected chi connectivity index (χ2v) is 8.41. The highest BCUT2D eigenvalue weighted by Gasteiger charge is 2.17. The fourth-order valence-corrected chi connectivity index (χ4v) is 3.76. The molecule has 0 radical (unpaired) electrons. The Morgan fingerprint density at radius 3 is 2.68 bits per heavy atom. The maximum Gasteiger partial charge on any atom is 0.323 e. The van der Waals surface area contributed by atoms with Gasteiger partial charge in [0.05, 0.1) is 6.42 Å². The lowest BCUT2D eigenvalue weighted by molar-refractivity contribution is -0.134. The van der Waals surface area contributed by atoms with E-state index in [1.807, 2.05) is 0 Å². The van der Waals surface area contributed by atoms with Crippen LogP contribution in [0.4, 0.5) is 0 Å². The molecule has 0 fully saturated rings. The van der Waals surface area contributed by atoms with Crippen molar-refractivity contribution in [2.24, 2.45) is 0 Å². The lowest BCUT2D eigenvalue weighted by Gasteiger charge is -2.10. The zero-order valence-electron chi connectivity index (χ0n) is 10.3. The van der Waals surface area contributed by atoms with E-state index >= 15 is 0 Å². The smallest absolute Gasteiger partial charge is 0.323 e. The number of ether oxygens (including phenoxy) is 1. The van der Waals surface area contributed by atoms with Crippen LogP contribution in [0.25, 0.3) is 0 Å². The summed E-state index contributed by atoms with van der Waals surface area (Å²) >= 11 is 6.62. The first kappa shape index (κ1) is 16.5. The second kappa shape index (κ2) is 7.92. The van der Waals surface area contributed by atoms with E-state index in [9.17, 15) is 14.3 Å². The predicted molar refractivity (Wildman–Crippen MR) is 77.7 cm³/mol. The molecule has 0 spiro atoms. The van der Waals surface area contributed by atoms with Gasteiger partial charge < -0.3 is 9.63 Å². The number of rotatable bonds is 7. The molecule has 19 heavy (non-hydrogen) atoms. The normalized spacial score (nSPS) is 13.8. The fourth-order valence-electron chi connectivity index (χ4n) is 1.20. The molecule has 0 saturated carbocycles. The number of benzene rings is 1. The molecule has 1 aromatic carbocycles. The molecule has 8 heteroatoms. The van der Waals surface area contributed by atoms with Gasteiger partial charge in [0.1, 0.15) is 5.75 Å². The number of carbonyl (C=O) groups excluding carboxylic acids is 1. The standard InChI is InChI=1S/C11H15ClNO4PS/c1-2-19-18(15,16)13-8-7-11(14)17-10-5-3-9(12)4-6-10/h3-6H,2,7-8H2,1H3,(H2,13,15,16). The van der Waals surface area contributed by atoms with Gasteiger partial charge >= 0.3 is 12.7 Å². The minimum Gasteiger partial charge on any atom is -0.426 e. The molecule has 0 amide bonds. The van der Waals surface area contributed by atoms with E-state index in [2.05, 4.69) is 5.09 Å². The van der Waals surface area contributed by atoms with Crippen LogP contribution in [0.15, 0.2) is 24.3 Å². The lowest BCUT2D eigenvalue weighted by Crippen LogP contribution is -2.17. The molecule has 0 aliphatic rings. The third-order valence-electron chi connectivity index (χ3n) is 1.99. The van der Waals surface area contributed by atoms with Crippen molar-refractivity contribution in [1.29, 1.82) is 0 Å². The monoisotopic (exact) mass is 323 g/mol. The predicted octanol–water partition coefficient (Wildman–Crippen LogP) is 3.08. The van der Waals surface area contributed by atoms with Crippen molar-refractivity contribution in [3.05, 3.63) is 29.3 Å². The third-order valence-corrected chi connectivity index (χ3v) is 5.69. The molecule has 0 bridgehead atoms. The Hall–Kier alpha value is -0.520. The number of carbonyl (C=O) groups is 1. The van der Waals surface area contributed by atoms with E-state index in [-0.39, 0.29) is 13.0 Å². The summed E-state index contributed by atoms with van der Waals surface area (Å²) in [6.45, 7) is -1.52. The molecule has 0 aromatic heterocycles. The SMILES string of the molecule is CCSP(=O)(O)NCCC(=O)Oc1ccc(Cl)cc1. The van der Waals surface area contributed by atoms with Gasteiger partial charge in [-0.3, -0.25) is 9.36 Å². The summed E-state index contributed by atoms with van der Waals surface area (Å²) in [5, 5.41) is 2.99. The van der Waals surface area contributed by atoms with Gasteiger partial charge in [0.15, 0.2) is 0 Å². The molecule has 1 rings (SSSR count). The lowest BCUT2D eigenvalue weighted by atomic mass is 10.3. The Labute approximate surface area is 120 Å². The Bertz CT molecular complexity index is 468. The van der Waals surface area contributed by atoms with Crippen LogP contribution >= 0.6 is 29.7 Å². The highest BCUT2D eigenvalue weighted by Crippen LogP contribution is 2.49. The molecule has 5 nitrogen and oxygen atoms in total. The topological polar surface area (TPSA) is 75.6 Å². The Morgan fingerprint density at radius 1 is 1.47 bits per heavy atom. The highest BCUT2D eigenvalue weighted by molar-refractivity contribution is 8.55. The van der Waals surface area contributed by atoms with Gasteiger partial charge in [0.25, 0.3) is 0 Å². The first-order valence-corrected chi connectivity index (χ1v) is 9.24. The number of hydrogen-bond acceptors (Lipinski definition) is 4.